The Kier molecular flexibility index (Phi) is 3.05. The predicted molar refractivity (Wildman–Crippen MR) is 77.5 cm³/mol. The van der Waals surface area contributed by atoms with Gasteiger partial charge in [0.05, 0.1) is 5.69 Å². The summed E-state index contributed by atoms with van der Waals surface area (Å²) in [6, 6.07) is 19.7. The van der Waals surface area contributed by atoms with Crippen LogP contribution in [0.4, 0.5) is 0 Å². The van der Waals surface area contributed by atoms with Crippen LogP contribution >= 0.6 is 0 Å². The van der Waals surface area contributed by atoms with E-state index in [9.17, 15) is 4.79 Å². The molecule has 98 valence electrons. The molecule has 0 bridgehead atoms. The minimum atomic E-state index is -0.525. The first-order valence-electron chi connectivity index (χ1n) is 6.25. The number of carbonyl (C=O) groups excluding carboxylic acids is 1. The van der Waals surface area contributed by atoms with Crippen LogP contribution in [0.25, 0.3) is 16.8 Å². The van der Waals surface area contributed by atoms with Crippen LogP contribution < -0.4 is 5.73 Å². The Hall–Kier alpha value is -2.88. The minimum absolute atomic E-state index is 0.259. The molecule has 0 saturated heterocycles. The first-order valence-corrected chi connectivity index (χ1v) is 6.25. The standard InChI is InChI=1S/C16H13N3O/c17-16(20)15-9-10-19(18-15)14-8-4-7-13(11-14)12-5-2-1-3-6-12/h1-11H,(H2,17,20). The van der Waals surface area contributed by atoms with Crippen molar-refractivity contribution in [3.8, 4) is 16.8 Å². The van der Waals surface area contributed by atoms with Gasteiger partial charge in [-0.05, 0) is 29.3 Å². The summed E-state index contributed by atoms with van der Waals surface area (Å²) in [6.45, 7) is 0. The summed E-state index contributed by atoms with van der Waals surface area (Å²) >= 11 is 0. The van der Waals surface area contributed by atoms with Gasteiger partial charge in [-0.15, -0.1) is 0 Å². The summed E-state index contributed by atoms with van der Waals surface area (Å²) in [7, 11) is 0. The number of aromatic nitrogens is 2. The summed E-state index contributed by atoms with van der Waals surface area (Å²) in [5.74, 6) is -0.525. The van der Waals surface area contributed by atoms with E-state index < -0.39 is 5.91 Å². The number of nitrogens with zero attached hydrogens (tertiary/aromatic N) is 2. The SMILES string of the molecule is NC(=O)c1ccn(-c2cccc(-c3ccccc3)c2)n1. The Morgan fingerprint density at radius 2 is 1.70 bits per heavy atom. The van der Waals surface area contributed by atoms with E-state index in [1.807, 2.05) is 42.5 Å². The lowest BCUT2D eigenvalue weighted by molar-refractivity contribution is 0.0995. The molecule has 0 radical (unpaired) electrons. The predicted octanol–water partition coefficient (Wildman–Crippen LogP) is 2.64. The van der Waals surface area contributed by atoms with Crippen LogP contribution in [-0.2, 0) is 0 Å². The first-order chi connectivity index (χ1) is 9.74. The van der Waals surface area contributed by atoms with Gasteiger partial charge in [-0.25, -0.2) is 4.68 Å². The van der Waals surface area contributed by atoms with E-state index in [-0.39, 0.29) is 5.69 Å². The van der Waals surface area contributed by atoms with Crippen molar-refractivity contribution in [2.24, 2.45) is 5.73 Å². The summed E-state index contributed by atoms with van der Waals surface area (Å²) in [4.78, 5) is 11.1. The van der Waals surface area contributed by atoms with E-state index in [4.69, 9.17) is 5.73 Å². The second-order valence-corrected chi connectivity index (χ2v) is 4.43. The van der Waals surface area contributed by atoms with E-state index >= 15 is 0 Å². The number of amides is 1. The Morgan fingerprint density at radius 3 is 2.40 bits per heavy atom. The average molecular weight is 263 g/mol. The summed E-state index contributed by atoms with van der Waals surface area (Å²) in [6.07, 6.45) is 1.73. The lowest BCUT2D eigenvalue weighted by atomic mass is 10.1. The fourth-order valence-electron chi connectivity index (χ4n) is 2.06. The normalized spacial score (nSPS) is 10.4. The number of primary amides is 1. The zero-order valence-electron chi connectivity index (χ0n) is 10.7. The van der Waals surface area contributed by atoms with Crippen LogP contribution in [0.5, 0.6) is 0 Å². The van der Waals surface area contributed by atoms with Crippen molar-refractivity contribution in [2.75, 3.05) is 0 Å². The molecule has 0 aliphatic heterocycles. The summed E-state index contributed by atoms with van der Waals surface area (Å²) in [5.41, 5.74) is 8.59. The molecule has 4 nitrogen and oxygen atoms in total. The highest BCUT2D eigenvalue weighted by molar-refractivity contribution is 5.90. The van der Waals surface area contributed by atoms with Crippen molar-refractivity contribution in [3.05, 3.63) is 72.6 Å². The van der Waals surface area contributed by atoms with Gasteiger partial charge in [0.15, 0.2) is 0 Å². The Morgan fingerprint density at radius 1 is 0.950 bits per heavy atom. The van der Waals surface area contributed by atoms with Crippen LogP contribution in [0.2, 0.25) is 0 Å². The van der Waals surface area contributed by atoms with Crippen molar-refractivity contribution in [1.82, 2.24) is 9.78 Å². The van der Waals surface area contributed by atoms with E-state index in [0.717, 1.165) is 16.8 Å². The molecule has 1 aromatic heterocycles. The molecule has 1 amide bonds. The van der Waals surface area contributed by atoms with Crippen LogP contribution in [-0.4, -0.2) is 15.7 Å². The van der Waals surface area contributed by atoms with Crippen molar-refractivity contribution in [2.45, 2.75) is 0 Å². The molecule has 0 atom stereocenters. The molecular formula is C16H13N3O. The second-order valence-electron chi connectivity index (χ2n) is 4.43. The van der Waals surface area contributed by atoms with Crippen LogP contribution in [0.1, 0.15) is 10.5 Å². The molecule has 1 heterocycles. The molecule has 0 fully saturated rings. The van der Waals surface area contributed by atoms with Crippen molar-refractivity contribution in [3.63, 3.8) is 0 Å². The summed E-state index contributed by atoms with van der Waals surface area (Å²) < 4.78 is 1.65. The van der Waals surface area contributed by atoms with Crippen LogP contribution in [0.15, 0.2) is 66.9 Å². The Balaban J connectivity index is 2.01. The van der Waals surface area contributed by atoms with Crippen molar-refractivity contribution >= 4 is 5.91 Å². The van der Waals surface area contributed by atoms with Crippen molar-refractivity contribution < 1.29 is 4.79 Å². The highest BCUT2D eigenvalue weighted by Gasteiger charge is 2.06. The third kappa shape index (κ3) is 2.31. The zero-order valence-corrected chi connectivity index (χ0v) is 10.7. The molecule has 2 aromatic carbocycles. The third-order valence-electron chi connectivity index (χ3n) is 3.06. The maximum absolute atomic E-state index is 11.1. The van der Waals surface area contributed by atoms with Crippen molar-refractivity contribution in [1.29, 1.82) is 0 Å². The van der Waals surface area contributed by atoms with Crippen LogP contribution in [0, 0.1) is 0 Å². The van der Waals surface area contributed by atoms with Gasteiger partial charge in [-0.1, -0.05) is 42.5 Å². The lowest BCUT2D eigenvalue weighted by Crippen LogP contribution is -2.12. The molecule has 2 N–H and O–H groups in total. The third-order valence-corrected chi connectivity index (χ3v) is 3.06. The van der Waals surface area contributed by atoms with Gasteiger partial charge in [-0.3, -0.25) is 4.79 Å². The van der Waals surface area contributed by atoms with Gasteiger partial charge in [0.2, 0.25) is 0 Å². The van der Waals surface area contributed by atoms with Gasteiger partial charge >= 0.3 is 0 Å². The first kappa shape index (κ1) is 12.2. The molecule has 0 saturated carbocycles. The Bertz CT molecular complexity index is 747. The highest BCUT2D eigenvalue weighted by atomic mass is 16.1. The fourth-order valence-corrected chi connectivity index (χ4v) is 2.06. The average Bonchev–Trinajstić information content (AvgIpc) is 2.98. The number of carbonyl (C=O) groups is 1. The monoisotopic (exact) mass is 263 g/mol. The molecule has 3 aromatic rings. The molecular weight excluding hydrogens is 250 g/mol. The largest absolute Gasteiger partial charge is 0.364 e. The number of rotatable bonds is 3. The van der Waals surface area contributed by atoms with E-state index in [1.165, 1.54) is 0 Å². The van der Waals surface area contributed by atoms with Gasteiger partial charge in [0, 0.05) is 6.20 Å². The second kappa shape index (κ2) is 5.01. The Labute approximate surface area is 116 Å². The van der Waals surface area contributed by atoms with E-state index in [2.05, 4.69) is 17.2 Å². The zero-order chi connectivity index (χ0) is 13.9. The molecule has 3 rings (SSSR count). The fraction of sp³-hybridized carbons (Fsp3) is 0. The molecule has 4 heteroatoms. The lowest BCUT2D eigenvalue weighted by Gasteiger charge is -2.05. The quantitative estimate of drug-likeness (QED) is 0.789. The number of hydrogen-bond donors (Lipinski definition) is 1. The minimum Gasteiger partial charge on any atom is -0.364 e. The summed E-state index contributed by atoms with van der Waals surface area (Å²) in [5, 5.41) is 4.16. The van der Waals surface area contributed by atoms with Gasteiger partial charge in [-0.2, -0.15) is 5.10 Å². The molecule has 0 unspecified atom stereocenters. The molecule has 0 aliphatic carbocycles. The molecule has 0 aliphatic rings. The van der Waals surface area contributed by atoms with Gasteiger partial charge in [0.1, 0.15) is 5.69 Å². The van der Waals surface area contributed by atoms with Gasteiger partial charge in [0.25, 0.3) is 5.91 Å². The molecule has 0 spiro atoms. The molecule has 20 heavy (non-hydrogen) atoms. The highest BCUT2D eigenvalue weighted by Crippen LogP contribution is 2.21. The maximum Gasteiger partial charge on any atom is 0.269 e. The number of hydrogen-bond acceptors (Lipinski definition) is 2. The number of nitrogens with two attached hydrogens (primary N) is 1. The van der Waals surface area contributed by atoms with Crippen LogP contribution in [0.3, 0.4) is 0 Å². The number of benzene rings is 2. The van der Waals surface area contributed by atoms with E-state index in [1.54, 1.807) is 16.9 Å². The topological polar surface area (TPSA) is 60.9 Å². The smallest absolute Gasteiger partial charge is 0.269 e. The van der Waals surface area contributed by atoms with Gasteiger partial charge < -0.3 is 5.73 Å². The maximum atomic E-state index is 11.1. The van der Waals surface area contributed by atoms with E-state index in [0.29, 0.717) is 0 Å².